The Morgan fingerprint density at radius 1 is 1.31 bits per heavy atom. The first-order valence-electron chi connectivity index (χ1n) is 8.26. The number of nitrogens with one attached hydrogen (secondary N) is 2. The summed E-state index contributed by atoms with van der Waals surface area (Å²) in [6.45, 7) is 2.14. The summed E-state index contributed by atoms with van der Waals surface area (Å²) >= 11 is 3.33. The van der Waals surface area contributed by atoms with Crippen molar-refractivity contribution in [2.75, 3.05) is 17.2 Å². The highest BCUT2D eigenvalue weighted by molar-refractivity contribution is 9.10. The number of hydrogen-bond donors (Lipinski definition) is 2. The minimum atomic E-state index is -0.489. The first-order chi connectivity index (χ1) is 12.5. The third-order valence-electron chi connectivity index (χ3n) is 3.88. The molecule has 1 aliphatic rings. The highest BCUT2D eigenvalue weighted by atomic mass is 79.9. The van der Waals surface area contributed by atoms with Crippen molar-refractivity contribution in [3.63, 3.8) is 0 Å². The molecule has 0 radical (unpaired) electrons. The standard InChI is InChI=1S/C18H18BrN3O4/c1-2-26-17-10-15(20-12-7-8-12)16(22(24)25)9-14(17)18(23)21-13-5-3-11(19)4-6-13/h3-6,9-10,12,20H,2,7-8H2,1H3,(H,21,23). The van der Waals surface area contributed by atoms with Crippen molar-refractivity contribution in [3.05, 3.63) is 56.5 Å². The van der Waals surface area contributed by atoms with E-state index in [-0.39, 0.29) is 17.3 Å². The molecule has 0 saturated heterocycles. The molecule has 3 rings (SSSR count). The zero-order valence-electron chi connectivity index (χ0n) is 14.1. The predicted octanol–water partition coefficient (Wildman–Crippen LogP) is 4.58. The summed E-state index contributed by atoms with van der Waals surface area (Å²) in [6.07, 6.45) is 1.96. The Morgan fingerprint density at radius 2 is 2.00 bits per heavy atom. The maximum atomic E-state index is 12.7. The van der Waals surface area contributed by atoms with Gasteiger partial charge in [-0.2, -0.15) is 0 Å². The molecule has 0 spiro atoms. The summed E-state index contributed by atoms with van der Waals surface area (Å²) in [4.78, 5) is 23.6. The molecule has 0 aliphatic heterocycles. The topological polar surface area (TPSA) is 93.5 Å². The van der Waals surface area contributed by atoms with Crippen LogP contribution in [0.3, 0.4) is 0 Å². The highest BCUT2D eigenvalue weighted by Crippen LogP contribution is 2.36. The molecular formula is C18H18BrN3O4. The van der Waals surface area contributed by atoms with Gasteiger partial charge < -0.3 is 15.4 Å². The van der Waals surface area contributed by atoms with Crippen LogP contribution < -0.4 is 15.4 Å². The number of nitrogens with zero attached hydrogens (tertiary/aromatic N) is 1. The maximum Gasteiger partial charge on any atom is 0.293 e. The zero-order valence-corrected chi connectivity index (χ0v) is 15.7. The number of nitro groups is 1. The summed E-state index contributed by atoms with van der Waals surface area (Å²) < 4.78 is 6.45. The van der Waals surface area contributed by atoms with E-state index in [2.05, 4.69) is 26.6 Å². The second-order valence-corrected chi connectivity index (χ2v) is 6.85. The van der Waals surface area contributed by atoms with Gasteiger partial charge in [0.25, 0.3) is 11.6 Å². The van der Waals surface area contributed by atoms with Crippen LogP contribution in [0.2, 0.25) is 0 Å². The summed E-state index contributed by atoms with van der Waals surface area (Å²) in [5.74, 6) is -0.146. The Balaban J connectivity index is 1.94. The number of nitro benzene ring substituents is 1. The van der Waals surface area contributed by atoms with Gasteiger partial charge in [-0.15, -0.1) is 0 Å². The fourth-order valence-electron chi connectivity index (χ4n) is 2.47. The van der Waals surface area contributed by atoms with Gasteiger partial charge in [-0.1, -0.05) is 15.9 Å². The number of amides is 1. The first-order valence-corrected chi connectivity index (χ1v) is 9.06. The van der Waals surface area contributed by atoms with Crippen LogP contribution in [0.25, 0.3) is 0 Å². The van der Waals surface area contributed by atoms with Gasteiger partial charge in [-0.05, 0) is 44.0 Å². The van der Waals surface area contributed by atoms with E-state index in [0.29, 0.717) is 23.7 Å². The monoisotopic (exact) mass is 419 g/mol. The van der Waals surface area contributed by atoms with Crippen molar-refractivity contribution in [3.8, 4) is 5.75 Å². The lowest BCUT2D eigenvalue weighted by Crippen LogP contribution is -2.15. The van der Waals surface area contributed by atoms with Gasteiger partial charge in [0.2, 0.25) is 0 Å². The number of benzene rings is 2. The number of anilines is 2. The average molecular weight is 420 g/mol. The van der Waals surface area contributed by atoms with Gasteiger partial charge in [0.1, 0.15) is 11.4 Å². The molecule has 2 N–H and O–H groups in total. The van der Waals surface area contributed by atoms with Gasteiger partial charge in [0.05, 0.1) is 17.1 Å². The smallest absolute Gasteiger partial charge is 0.293 e. The molecule has 2 aromatic rings. The largest absolute Gasteiger partial charge is 0.493 e. The molecular weight excluding hydrogens is 402 g/mol. The van der Waals surface area contributed by atoms with Crippen LogP contribution in [0.15, 0.2) is 40.9 Å². The second kappa shape index (κ2) is 7.74. The Kier molecular flexibility index (Phi) is 5.41. The average Bonchev–Trinajstić information content (AvgIpc) is 3.41. The van der Waals surface area contributed by atoms with E-state index in [1.165, 1.54) is 12.1 Å². The molecule has 0 heterocycles. The van der Waals surface area contributed by atoms with E-state index in [1.54, 1.807) is 31.2 Å². The highest BCUT2D eigenvalue weighted by Gasteiger charge is 2.28. The van der Waals surface area contributed by atoms with Gasteiger partial charge in [0, 0.05) is 28.3 Å². The van der Waals surface area contributed by atoms with E-state index in [0.717, 1.165) is 17.3 Å². The Morgan fingerprint density at radius 3 is 2.58 bits per heavy atom. The molecule has 8 heteroatoms. The molecule has 1 saturated carbocycles. The van der Waals surface area contributed by atoms with Crippen LogP contribution in [0.4, 0.5) is 17.1 Å². The molecule has 1 amide bonds. The van der Waals surface area contributed by atoms with Gasteiger partial charge in [-0.25, -0.2) is 0 Å². The lowest BCUT2D eigenvalue weighted by atomic mass is 10.1. The van der Waals surface area contributed by atoms with Crippen LogP contribution in [0.1, 0.15) is 30.1 Å². The van der Waals surface area contributed by atoms with E-state index in [1.807, 2.05) is 0 Å². The van der Waals surface area contributed by atoms with E-state index < -0.39 is 10.8 Å². The number of rotatable bonds is 7. The first kappa shape index (κ1) is 18.2. The van der Waals surface area contributed by atoms with E-state index in [9.17, 15) is 14.9 Å². The van der Waals surface area contributed by atoms with Crippen LogP contribution in [0, 0.1) is 10.1 Å². The van der Waals surface area contributed by atoms with Gasteiger partial charge >= 0.3 is 0 Å². The molecule has 26 heavy (non-hydrogen) atoms. The number of ether oxygens (including phenoxy) is 1. The van der Waals surface area contributed by atoms with Crippen molar-refractivity contribution in [2.45, 2.75) is 25.8 Å². The van der Waals surface area contributed by atoms with Crippen LogP contribution in [0.5, 0.6) is 5.75 Å². The SMILES string of the molecule is CCOc1cc(NC2CC2)c([N+](=O)[O-])cc1C(=O)Nc1ccc(Br)cc1. The second-order valence-electron chi connectivity index (χ2n) is 5.94. The number of carbonyl (C=O) groups is 1. The molecule has 0 unspecified atom stereocenters. The van der Waals surface area contributed by atoms with E-state index >= 15 is 0 Å². The molecule has 1 aliphatic carbocycles. The van der Waals surface area contributed by atoms with E-state index in [4.69, 9.17) is 4.74 Å². The Hall–Kier alpha value is -2.61. The number of halogens is 1. The van der Waals surface area contributed by atoms with Crippen molar-refractivity contribution in [1.29, 1.82) is 0 Å². The minimum absolute atomic E-state index is 0.128. The van der Waals surface area contributed by atoms with Crippen molar-refractivity contribution in [2.24, 2.45) is 0 Å². The summed E-state index contributed by atoms with van der Waals surface area (Å²) in [5.41, 5.74) is 0.953. The summed E-state index contributed by atoms with van der Waals surface area (Å²) in [5, 5.41) is 17.3. The molecule has 7 nitrogen and oxygen atoms in total. The third kappa shape index (κ3) is 4.32. The predicted molar refractivity (Wildman–Crippen MR) is 103 cm³/mol. The minimum Gasteiger partial charge on any atom is -0.493 e. The quantitative estimate of drug-likeness (QED) is 0.505. The lowest BCUT2D eigenvalue weighted by Gasteiger charge is -2.14. The Labute approximate surface area is 159 Å². The third-order valence-corrected chi connectivity index (χ3v) is 4.41. The molecule has 136 valence electrons. The van der Waals surface area contributed by atoms with Crippen molar-refractivity contribution in [1.82, 2.24) is 0 Å². The Bertz CT molecular complexity index is 835. The summed E-state index contributed by atoms with van der Waals surface area (Å²) in [6, 6.07) is 10.1. The lowest BCUT2D eigenvalue weighted by molar-refractivity contribution is -0.384. The van der Waals surface area contributed by atoms with Crippen LogP contribution >= 0.6 is 15.9 Å². The van der Waals surface area contributed by atoms with Crippen molar-refractivity contribution >= 4 is 38.9 Å². The molecule has 0 bridgehead atoms. The van der Waals surface area contributed by atoms with Gasteiger partial charge in [-0.3, -0.25) is 14.9 Å². The van der Waals surface area contributed by atoms with Crippen LogP contribution in [-0.2, 0) is 0 Å². The maximum absolute atomic E-state index is 12.7. The molecule has 2 aromatic carbocycles. The molecule has 0 atom stereocenters. The number of hydrogen-bond acceptors (Lipinski definition) is 5. The number of carbonyl (C=O) groups excluding carboxylic acids is 1. The van der Waals surface area contributed by atoms with Crippen LogP contribution in [-0.4, -0.2) is 23.5 Å². The fraction of sp³-hybridized carbons (Fsp3) is 0.278. The molecule has 1 fully saturated rings. The molecule has 0 aromatic heterocycles. The summed E-state index contributed by atoms with van der Waals surface area (Å²) in [7, 11) is 0. The normalized spacial score (nSPS) is 13.2. The fourth-order valence-corrected chi connectivity index (χ4v) is 2.73. The zero-order chi connectivity index (χ0) is 18.7. The van der Waals surface area contributed by atoms with Crippen molar-refractivity contribution < 1.29 is 14.5 Å². The van der Waals surface area contributed by atoms with Gasteiger partial charge in [0.15, 0.2) is 0 Å².